The molecule has 21 heavy (non-hydrogen) atoms. The highest BCUT2D eigenvalue weighted by atomic mass is 32.1. The minimum Gasteiger partial charge on any atom is -0.378 e. The summed E-state index contributed by atoms with van der Waals surface area (Å²) in [6, 6.07) is -0.00422. The normalized spacial score (nSPS) is 19.5. The summed E-state index contributed by atoms with van der Waals surface area (Å²) >= 11 is 0.949. The maximum Gasteiger partial charge on any atom is 0.434 e. The minimum atomic E-state index is -4.41. The molecule has 9 heteroatoms. The molecule has 5 nitrogen and oxygen atoms in total. The van der Waals surface area contributed by atoms with Crippen LogP contribution in [0, 0.1) is 0 Å². The lowest BCUT2D eigenvalue weighted by molar-refractivity contribution is -0.140. The van der Waals surface area contributed by atoms with Gasteiger partial charge in [0.25, 0.3) is 0 Å². The summed E-state index contributed by atoms with van der Waals surface area (Å²) in [5.74, 6) is -0.148. The number of alkyl halides is 3. The van der Waals surface area contributed by atoms with E-state index in [0.29, 0.717) is 31.1 Å². The van der Waals surface area contributed by atoms with Crippen LogP contribution in [0.4, 0.5) is 13.2 Å². The highest BCUT2D eigenvalue weighted by Gasteiger charge is 2.33. The van der Waals surface area contributed by atoms with Gasteiger partial charge in [0, 0.05) is 37.4 Å². The van der Waals surface area contributed by atoms with Crippen molar-refractivity contribution in [2.75, 3.05) is 26.3 Å². The minimum absolute atomic E-state index is 0.00422. The zero-order chi connectivity index (χ0) is 15.3. The molecule has 0 aromatic carbocycles. The van der Waals surface area contributed by atoms with Gasteiger partial charge in [-0.1, -0.05) is 0 Å². The van der Waals surface area contributed by atoms with Crippen molar-refractivity contribution in [3.05, 3.63) is 16.1 Å². The van der Waals surface area contributed by atoms with Gasteiger partial charge in [-0.25, -0.2) is 4.98 Å². The van der Waals surface area contributed by atoms with E-state index in [4.69, 9.17) is 4.74 Å². The second-order valence-corrected chi connectivity index (χ2v) is 5.60. The largest absolute Gasteiger partial charge is 0.434 e. The van der Waals surface area contributed by atoms with E-state index in [1.165, 1.54) is 0 Å². The van der Waals surface area contributed by atoms with Gasteiger partial charge in [0.15, 0.2) is 5.69 Å². The smallest absolute Gasteiger partial charge is 0.378 e. The number of halogens is 3. The summed E-state index contributed by atoms with van der Waals surface area (Å²) in [5, 5.41) is 7.18. The summed E-state index contributed by atoms with van der Waals surface area (Å²) in [4.78, 5) is 15.2. The molecule has 1 amide bonds. The van der Waals surface area contributed by atoms with Gasteiger partial charge in [0.2, 0.25) is 5.91 Å². The van der Waals surface area contributed by atoms with Crippen molar-refractivity contribution in [2.45, 2.75) is 25.1 Å². The van der Waals surface area contributed by atoms with Crippen molar-refractivity contribution in [1.29, 1.82) is 0 Å². The van der Waals surface area contributed by atoms with Crippen molar-refractivity contribution in [2.24, 2.45) is 0 Å². The summed E-state index contributed by atoms with van der Waals surface area (Å²) in [6.07, 6.45) is -3.82. The van der Waals surface area contributed by atoms with E-state index in [9.17, 15) is 18.0 Å². The van der Waals surface area contributed by atoms with E-state index in [-0.39, 0.29) is 18.5 Å². The second kappa shape index (κ2) is 7.19. The molecule has 1 aliphatic heterocycles. The maximum atomic E-state index is 12.4. The average molecular weight is 323 g/mol. The van der Waals surface area contributed by atoms with Crippen LogP contribution in [0.1, 0.15) is 17.1 Å². The molecular formula is C12H16F3N3O2S. The first-order valence-electron chi connectivity index (χ1n) is 6.54. The Morgan fingerprint density at radius 2 is 2.38 bits per heavy atom. The summed E-state index contributed by atoms with van der Waals surface area (Å²) in [7, 11) is 0. The zero-order valence-electron chi connectivity index (χ0n) is 11.2. The van der Waals surface area contributed by atoms with E-state index < -0.39 is 11.9 Å². The first kappa shape index (κ1) is 16.2. The number of hydrogen-bond acceptors (Lipinski definition) is 5. The Morgan fingerprint density at radius 1 is 1.57 bits per heavy atom. The molecule has 118 valence electrons. The summed E-state index contributed by atoms with van der Waals surface area (Å²) < 4.78 is 42.3. The number of amides is 1. The lowest BCUT2D eigenvalue weighted by Gasteiger charge is -2.23. The summed E-state index contributed by atoms with van der Waals surface area (Å²) in [5.41, 5.74) is -0.877. The molecule has 2 N–H and O–H groups in total. The standard InChI is InChI=1S/C12H16F3N3O2S/c13-12(14,15)9-7-21-11(18-9)1-2-17-10(19)5-8-6-20-4-3-16-8/h7-8,16H,1-6H2,(H,17,19). The van der Waals surface area contributed by atoms with Crippen LogP contribution >= 0.6 is 11.3 Å². The van der Waals surface area contributed by atoms with Gasteiger partial charge in [-0.2, -0.15) is 13.2 Å². The van der Waals surface area contributed by atoms with E-state index in [0.717, 1.165) is 23.3 Å². The van der Waals surface area contributed by atoms with Gasteiger partial charge >= 0.3 is 6.18 Å². The second-order valence-electron chi connectivity index (χ2n) is 4.65. The molecule has 1 aliphatic rings. The molecule has 1 atom stereocenters. The number of carbonyl (C=O) groups excluding carboxylic acids is 1. The number of hydrogen-bond donors (Lipinski definition) is 2. The predicted molar refractivity (Wildman–Crippen MR) is 71.1 cm³/mol. The molecule has 2 rings (SSSR count). The third-order valence-electron chi connectivity index (χ3n) is 2.93. The fraction of sp³-hybridized carbons (Fsp3) is 0.667. The van der Waals surface area contributed by atoms with Crippen molar-refractivity contribution in [1.82, 2.24) is 15.6 Å². The number of aromatic nitrogens is 1. The Bertz CT molecular complexity index is 473. The fourth-order valence-corrected chi connectivity index (χ4v) is 2.72. The highest BCUT2D eigenvalue weighted by Crippen LogP contribution is 2.29. The Kier molecular flexibility index (Phi) is 5.54. The quantitative estimate of drug-likeness (QED) is 0.855. The van der Waals surface area contributed by atoms with Crippen molar-refractivity contribution in [3.63, 3.8) is 0 Å². The Labute approximate surface area is 123 Å². The number of carbonyl (C=O) groups is 1. The molecule has 0 bridgehead atoms. The maximum absolute atomic E-state index is 12.4. The molecule has 0 aliphatic carbocycles. The predicted octanol–water partition coefficient (Wildman–Crippen LogP) is 1.20. The van der Waals surface area contributed by atoms with E-state index in [1.807, 2.05) is 0 Å². The Balaban J connectivity index is 1.69. The number of nitrogens with zero attached hydrogens (tertiary/aromatic N) is 1. The van der Waals surface area contributed by atoms with Crippen LogP contribution in [-0.4, -0.2) is 43.2 Å². The molecule has 2 heterocycles. The topological polar surface area (TPSA) is 63.2 Å². The number of ether oxygens (including phenoxy) is 1. The van der Waals surface area contributed by atoms with Crippen LogP contribution in [-0.2, 0) is 22.1 Å². The molecule has 1 saturated heterocycles. The Morgan fingerprint density at radius 3 is 3.00 bits per heavy atom. The lowest BCUT2D eigenvalue weighted by Crippen LogP contribution is -2.44. The highest BCUT2D eigenvalue weighted by molar-refractivity contribution is 7.09. The van der Waals surface area contributed by atoms with E-state index in [1.54, 1.807) is 0 Å². The molecule has 1 aromatic heterocycles. The van der Waals surface area contributed by atoms with Gasteiger partial charge in [-0.15, -0.1) is 11.3 Å². The SMILES string of the molecule is O=C(CC1COCCN1)NCCc1nc(C(F)(F)F)cs1. The Hall–Kier alpha value is -1.19. The van der Waals surface area contributed by atoms with Crippen molar-refractivity contribution in [3.8, 4) is 0 Å². The fourth-order valence-electron chi connectivity index (χ4n) is 1.91. The van der Waals surface area contributed by atoms with Gasteiger partial charge in [0.05, 0.1) is 18.2 Å². The lowest BCUT2D eigenvalue weighted by atomic mass is 10.2. The van der Waals surface area contributed by atoms with Gasteiger partial charge in [0.1, 0.15) is 0 Å². The van der Waals surface area contributed by atoms with Crippen LogP contribution in [0.2, 0.25) is 0 Å². The van der Waals surface area contributed by atoms with Gasteiger partial charge in [-0.3, -0.25) is 4.79 Å². The van der Waals surface area contributed by atoms with Crippen LogP contribution in [0.15, 0.2) is 5.38 Å². The number of thiazole rings is 1. The molecule has 1 unspecified atom stereocenters. The number of rotatable bonds is 5. The monoisotopic (exact) mass is 323 g/mol. The zero-order valence-corrected chi connectivity index (χ0v) is 12.0. The van der Waals surface area contributed by atoms with Crippen LogP contribution in [0.25, 0.3) is 0 Å². The van der Waals surface area contributed by atoms with Crippen LogP contribution in [0.3, 0.4) is 0 Å². The van der Waals surface area contributed by atoms with Crippen LogP contribution < -0.4 is 10.6 Å². The first-order valence-corrected chi connectivity index (χ1v) is 7.42. The first-order chi connectivity index (χ1) is 9.95. The third-order valence-corrected chi connectivity index (χ3v) is 3.84. The number of nitrogens with one attached hydrogen (secondary N) is 2. The molecule has 0 saturated carbocycles. The van der Waals surface area contributed by atoms with E-state index in [2.05, 4.69) is 15.6 Å². The van der Waals surface area contributed by atoms with E-state index >= 15 is 0 Å². The van der Waals surface area contributed by atoms with Gasteiger partial charge < -0.3 is 15.4 Å². The number of morpholine rings is 1. The average Bonchev–Trinajstić information content (AvgIpc) is 2.88. The molecule has 0 spiro atoms. The molecular weight excluding hydrogens is 307 g/mol. The van der Waals surface area contributed by atoms with Crippen molar-refractivity contribution >= 4 is 17.2 Å². The molecule has 1 aromatic rings. The van der Waals surface area contributed by atoms with Crippen LogP contribution in [0.5, 0.6) is 0 Å². The molecule has 0 radical (unpaired) electrons. The van der Waals surface area contributed by atoms with Crippen molar-refractivity contribution < 1.29 is 22.7 Å². The third kappa shape index (κ3) is 5.25. The summed E-state index contributed by atoms with van der Waals surface area (Å²) in [6.45, 7) is 2.13. The van der Waals surface area contributed by atoms with Gasteiger partial charge in [-0.05, 0) is 0 Å². The molecule has 1 fully saturated rings.